The van der Waals surface area contributed by atoms with Gasteiger partial charge in [0.25, 0.3) is 5.91 Å². The van der Waals surface area contributed by atoms with E-state index in [9.17, 15) is 9.59 Å². The number of imide groups is 1. The molecule has 0 aliphatic carbocycles. The van der Waals surface area contributed by atoms with Gasteiger partial charge < -0.3 is 4.90 Å². The number of rotatable bonds is 3. The molecule has 1 aromatic rings. The highest BCUT2D eigenvalue weighted by molar-refractivity contribution is 7.97. The zero-order chi connectivity index (χ0) is 11.5. The lowest BCUT2D eigenvalue weighted by Gasteiger charge is -2.12. The van der Waals surface area contributed by atoms with E-state index in [-0.39, 0.29) is 18.5 Å². The van der Waals surface area contributed by atoms with Crippen LogP contribution in [0.4, 0.5) is 4.79 Å². The zero-order valence-electron chi connectivity index (χ0n) is 8.79. The topological polar surface area (TPSA) is 53.5 Å². The van der Waals surface area contributed by atoms with Crippen molar-refractivity contribution in [3.8, 4) is 0 Å². The molecule has 0 radical (unpaired) electrons. The van der Waals surface area contributed by atoms with Gasteiger partial charge in [-0.1, -0.05) is 6.07 Å². The average Bonchev–Trinajstić information content (AvgIpc) is 2.53. The fraction of sp³-hybridized carbons (Fsp3) is 0.300. The first-order chi connectivity index (χ1) is 7.68. The third-order valence-electron chi connectivity index (χ3n) is 2.18. The van der Waals surface area contributed by atoms with E-state index in [1.165, 1.54) is 21.2 Å². The lowest BCUT2D eigenvalue weighted by molar-refractivity contribution is -0.121. The van der Waals surface area contributed by atoms with Crippen molar-refractivity contribution in [2.24, 2.45) is 0 Å². The predicted octanol–water partition coefficient (Wildman–Crippen LogP) is 1.12. The van der Waals surface area contributed by atoms with Crippen LogP contribution in [0.25, 0.3) is 0 Å². The van der Waals surface area contributed by atoms with Gasteiger partial charge in [0.1, 0.15) is 6.54 Å². The van der Waals surface area contributed by atoms with Gasteiger partial charge in [-0.05, 0) is 23.6 Å². The van der Waals surface area contributed by atoms with Gasteiger partial charge in [-0.3, -0.25) is 9.78 Å². The molecule has 16 heavy (non-hydrogen) atoms. The third-order valence-corrected chi connectivity index (χ3v) is 3.26. The van der Waals surface area contributed by atoms with Gasteiger partial charge in [0, 0.05) is 25.2 Å². The van der Waals surface area contributed by atoms with E-state index in [4.69, 9.17) is 0 Å². The number of carbonyl (C=O) groups excluding carboxylic acids is 2. The number of carbonyl (C=O) groups is 2. The molecule has 6 heteroatoms. The molecule has 0 saturated carbocycles. The van der Waals surface area contributed by atoms with Crippen molar-refractivity contribution in [1.82, 2.24) is 14.2 Å². The Kier molecular flexibility index (Phi) is 3.09. The van der Waals surface area contributed by atoms with Crippen molar-refractivity contribution in [3.05, 3.63) is 30.1 Å². The summed E-state index contributed by atoms with van der Waals surface area (Å²) in [6.07, 6.45) is 3.41. The highest BCUT2D eigenvalue weighted by atomic mass is 32.2. The van der Waals surface area contributed by atoms with Crippen LogP contribution in [-0.4, -0.2) is 39.7 Å². The van der Waals surface area contributed by atoms with Gasteiger partial charge in [0.05, 0.1) is 0 Å². The molecule has 3 amide bonds. The summed E-state index contributed by atoms with van der Waals surface area (Å²) in [5.74, 6) is 0.403. The average molecular weight is 237 g/mol. The second kappa shape index (κ2) is 4.52. The first-order valence-corrected chi connectivity index (χ1v) is 5.72. The molecule has 5 nitrogen and oxygen atoms in total. The quantitative estimate of drug-likeness (QED) is 0.584. The van der Waals surface area contributed by atoms with Crippen LogP contribution in [0.15, 0.2) is 24.5 Å². The summed E-state index contributed by atoms with van der Waals surface area (Å²) in [5, 5.41) is 0. The van der Waals surface area contributed by atoms with Gasteiger partial charge in [-0.25, -0.2) is 9.10 Å². The Morgan fingerprint density at radius 1 is 1.50 bits per heavy atom. The summed E-state index contributed by atoms with van der Waals surface area (Å²) in [6, 6.07) is 3.49. The molecule has 2 heterocycles. The minimum atomic E-state index is -0.251. The number of amides is 3. The van der Waals surface area contributed by atoms with Crippen molar-refractivity contribution < 1.29 is 9.59 Å². The Balaban J connectivity index is 1.96. The van der Waals surface area contributed by atoms with Gasteiger partial charge in [0.2, 0.25) is 0 Å². The Morgan fingerprint density at radius 3 is 2.88 bits per heavy atom. The number of aromatic nitrogens is 1. The Hall–Kier alpha value is -1.56. The Morgan fingerprint density at radius 2 is 2.31 bits per heavy atom. The molecule has 0 spiro atoms. The minimum absolute atomic E-state index is 0.165. The number of likely N-dealkylation sites (N-methyl/N-ethyl adjacent to an activating group) is 1. The second-order valence-corrected chi connectivity index (χ2v) is 4.37. The van der Waals surface area contributed by atoms with E-state index >= 15 is 0 Å². The Bertz CT molecular complexity index is 410. The van der Waals surface area contributed by atoms with Crippen molar-refractivity contribution in [1.29, 1.82) is 0 Å². The monoisotopic (exact) mass is 237 g/mol. The molecule has 0 bridgehead atoms. The lowest BCUT2D eigenvalue weighted by atomic mass is 10.3. The predicted molar refractivity (Wildman–Crippen MR) is 60.4 cm³/mol. The van der Waals surface area contributed by atoms with Crippen molar-refractivity contribution >= 4 is 23.9 Å². The van der Waals surface area contributed by atoms with Crippen molar-refractivity contribution in [3.63, 3.8) is 0 Å². The summed E-state index contributed by atoms with van der Waals surface area (Å²) < 4.78 is 1.20. The van der Waals surface area contributed by atoms with Crippen molar-refractivity contribution in [2.75, 3.05) is 13.6 Å². The molecule has 0 N–H and O–H groups in total. The summed E-state index contributed by atoms with van der Waals surface area (Å²) >= 11 is 1.21. The van der Waals surface area contributed by atoms with E-state index < -0.39 is 0 Å². The highest BCUT2D eigenvalue weighted by Crippen LogP contribution is 2.22. The van der Waals surface area contributed by atoms with Crippen LogP contribution >= 0.6 is 11.9 Å². The molecular weight excluding hydrogens is 226 g/mol. The molecule has 1 aromatic heterocycles. The van der Waals surface area contributed by atoms with Crippen LogP contribution in [0.2, 0.25) is 0 Å². The fourth-order valence-corrected chi connectivity index (χ4v) is 2.25. The maximum atomic E-state index is 11.5. The van der Waals surface area contributed by atoms with Crippen LogP contribution in [0.1, 0.15) is 5.56 Å². The van der Waals surface area contributed by atoms with E-state index in [1.54, 1.807) is 19.4 Å². The third kappa shape index (κ3) is 2.16. The molecule has 1 aliphatic heterocycles. The normalized spacial score (nSPS) is 16.1. The summed E-state index contributed by atoms with van der Waals surface area (Å²) in [5.41, 5.74) is 0.989. The van der Waals surface area contributed by atoms with Crippen LogP contribution < -0.4 is 0 Å². The first kappa shape index (κ1) is 10.9. The number of hydrogen-bond donors (Lipinski definition) is 0. The summed E-state index contributed by atoms with van der Waals surface area (Å²) in [6.45, 7) is 0.166. The van der Waals surface area contributed by atoms with Crippen LogP contribution in [0.3, 0.4) is 0 Å². The van der Waals surface area contributed by atoms with Crippen LogP contribution in [0.5, 0.6) is 0 Å². The van der Waals surface area contributed by atoms with Crippen LogP contribution in [-0.2, 0) is 10.5 Å². The molecule has 0 atom stereocenters. The second-order valence-electron chi connectivity index (χ2n) is 3.46. The van der Waals surface area contributed by atoms with Gasteiger partial charge in [-0.15, -0.1) is 0 Å². The van der Waals surface area contributed by atoms with E-state index in [0.717, 1.165) is 5.56 Å². The molecular formula is C10H11N3O2S. The molecule has 2 rings (SSSR count). The number of hydrogen-bond acceptors (Lipinski definition) is 4. The Labute approximate surface area is 97.6 Å². The van der Waals surface area contributed by atoms with Crippen molar-refractivity contribution in [2.45, 2.75) is 5.75 Å². The number of urea groups is 1. The minimum Gasteiger partial charge on any atom is -0.317 e. The smallest absolute Gasteiger partial charge is 0.317 e. The lowest BCUT2D eigenvalue weighted by Crippen LogP contribution is -2.25. The van der Waals surface area contributed by atoms with Gasteiger partial charge in [0.15, 0.2) is 0 Å². The molecule has 0 aromatic carbocycles. The van der Waals surface area contributed by atoms with E-state index in [0.29, 0.717) is 5.75 Å². The van der Waals surface area contributed by atoms with Gasteiger partial charge in [-0.2, -0.15) is 0 Å². The summed E-state index contributed by atoms with van der Waals surface area (Å²) in [4.78, 5) is 28.3. The maximum absolute atomic E-state index is 11.5. The SMILES string of the molecule is CN1CC(=O)N(SCc2cccnc2)C1=O. The first-order valence-electron chi connectivity index (χ1n) is 4.78. The number of nitrogens with zero attached hydrogens (tertiary/aromatic N) is 3. The van der Waals surface area contributed by atoms with E-state index in [1.807, 2.05) is 12.1 Å². The van der Waals surface area contributed by atoms with Gasteiger partial charge >= 0.3 is 6.03 Å². The molecule has 84 valence electrons. The maximum Gasteiger partial charge on any atom is 0.337 e. The van der Waals surface area contributed by atoms with Crippen LogP contribution in [0, 0.1) is 0 Å². The largest absolute Gasteiger partial charge is 0.337 e. The fourth-order valence-electron chi connectivity index (χ4n) is 1.35. The number of pyridine rings is 1. The summed E-state index contributed by atoms with van der Waals surface area (Å²) in [7, 11) is 1.62. The molecule has 0 unspecified atom stereocenters. The highest BCUT2D eigenvalue weighted by Gasteiger charge is 2.34. The van der Waals surface area contributed by atoms with E-state index in [2.05, 4.69) is 4.98 Å². The molecule has 1 saturated heterocycles. The standard InChI is InChI=1S/C10H11N3O2S/c1-12-6-9(14)13(10(12)15)16-7-8-3-2-4-11-5-8/h2-5H,6-7H2,1H3. The molecule has 1 fully saturated rings. The zero-order valence-corrected chi connectivity index (χ0v) is 9.61. The molecule has 1 aliphatic rings.